The van der Waals surface area contributed by atoms with E-state index in [1.165, 1.54) is 25.1 Å². The standard InChI is InChI=1S/C19H21FN2O3S/c1-12-5-6-14(9-17(12)20)21-26(24,25)15-7-8-18-16(10-15)19(3,4)11-22(18)13(2)23/h5-10,21H,11H2,1-4H3. The lowest BCUT2D eigenvalue weighted by Gasteiger charge is -2.19. The first-order valence-corrected chi connectivity index (χ1v) is 9.71. The Labute approximate surface area is 152 Å². The molecule has 1 N–H and O–H groups in total. The molecule has 0 unspecified atom stereocenters. The number of carbonyl (C=O) groups is 1. The molecule has 0 aliphatic carbocycles. The van der Waals surface area contributed by atoms with Gasteiger partial charge in [-0.3, -0.25) is 9.52 Å². The number of amides is 1. The molecule has 2 aromatic rings. The van der Waals surface area contributed by atoms with E-state index in [2.05, 4.69) is 4.72 Å². The van der Waals surface area contributed by atoms with Crippen molar-refractivity contribution >= 4 is 27.3 Å². The molecule has 0 spiro atoms. The first kappa shape index (κ1) is 18.4. The van der Waals surface area contributed by atoms with Gasteiger partial charge in [-0.05, 0) is 48.4 Å². The van der Waals surface area contributed by atoms with Gasteiger partial charge in [-0.15, -0.1) is 0 Å². The van der Waals surface area contributed by atoms with Crippen LogP contribution in [0.5, 0.6) is 0 Å². The van der Waals surface area contributed by atoms with Crippen molar-refractivity contribution in [1.29, 1.82) is 0 Å². The van der Waals surface area contributed by atoms with Gasteiger partial charge in [0.05, 0.1) is 10.6 Å². The lowest BCUT2D eigenvalue weighted by Crippen LogP contribution is -2.31. The number of benzene rings is 2. The molecule has 0 atom stereocenters. The average Bonchev–Trinajstić information content (AvgIpc) is 2.82. The molecule has 1 aliphatic heterocycles. The zero-order valence-electron chi connectivity index (χ0n) is 15.1. The highest BCUT2D eigenvalue weighted by molar-refractivity contribution is 7.92. The minimum absolute atomic E-state index is 0.0794. The molecule has 1 aliphatic rings. The monoisotopic (exact) mass is 376 g/mol. The fourth-order valence-electron chi connectivity index (χ4n) is 3.18. The third kappa shape index (κ3) is 3.19. The van der Waals surface area contributed by atoms with Crippen LogP contribution in [0.4, 0.5) is 15.8 Å². The van der Waals surface area contributed by atoms with Gasteiger partial charge in [0.25, 0.3) is 10.0 Å². The highest BCUT2D eigenvalue weighted by Crippen LogP contribution is 2.41. The Hall–Kier alpha value is -2.41. The van der Waals surface area contributed by atoms with Crippen LogP contribution in [0, 0.1) is 12.7 Å². The number of nitrogens with zero attached hydrogens (tertiary/aromatic N) is 1. The van der Waals surface area contributed by atoms with E-state index in [0.29, 0.717) is 12.1 Å². The fraction of sp³-hybridized carbons (Fsp3) is 0.316. The van der Waals surface area contributed by atoms with Gasteiger partial charge in [-0.1, -0.05) is 19.9 Å². The van der Waals surface area contributed by atoms with Crippen molar-refractivity contribution in [2.24, 2.45) is 0 Å². The summed E-state index contributed by atoms with van der Waals surface area (Å²) in [5, 5.41) is 0. The third-order valence-electron chi connectivity index (χ3n) is 4.66. The van der Waals surface area contributed by atoms with Gasteiger partial charge >= 0.3 is 0 Å². The Kier molecular flexibility index (Phi) is 4.30. The molecule has 0 saturated heterocycles. The van der Waals surface area contributed by atoms with Crippen molar-refractivity contribution in [3.05, 3.63) is 53.3 Å². The number of anilines is 2. The summed E-state index contributed by atoms with van der Waals surface area (Å²) in [5.74, 6) is -0.557. The predicted octanol–water partition coefficient (Wildman–Crippen LogP) is 3.58. The number of hydrogen-bond acceptors (Lipinski definition) is 3. The third-order valence-corrected chi connectivity index (χ3v) is 6.03. The first-order chi connectivity index (χ1) is 12.0. The van der Waals surface area contributed by atoms with Gasteiger partial charge in [-0.2, -0.15) is 0 Å². The van der Waals surface area contributed by atoms with Crippen LogP contribution in [-0.4, -0.2) is 20.9 Å². The average molecular weight is 376 g/mol. The highest BCUT2D eigenvalue weighted by Gasteiger charge is 2.37. The van der Waals surface area contributed by atoms with Crippen molar-refractivity contribution in [3.8, 4) is 0 Å². The molecule has 3 rings (SSSR count). The van der Waals surface area contributed by atoms with E-state index < -0.39 is 15.8 Å². The fourth-order valence-corrected chi connectivity index (χ4v) is 4.25. The van der Waals surface area contributed by atoms with Crippen LogP contribution in [-0.2, 0) is 20.2 Å². The van der Waals surface area contributed by atoms with E-state index in [1.807, 2.05) is 13.8 Å². The molecule has 0 bridgehead atoms. The molecule has 26 heavy (non-hydrogen) atoms. The minimum atomic E-state index is -3.87. The Morgan fingerprint density at radius 3 is 2.50 bits per heavy atom. The molecule has 1 amide bonds. The number of fused-ring (bicyclic) bond motifs is 1. The van der Waals surface area contributed by atoms with Gasteiger partial charge in [0.2, 0.25) is 5.91 Å². The van der Waals surface area contributed by atoms with E-state index in [9.17, 15) is 17.6 Å². The first-order valence-electron chi connectivity index (χ1n) is 8.23. The second-order valence-corrected chi connectivity index (χ2v) is 8.92. The van der Waals surface area contributed by atoms with Crippen LogP contribution in [0.25, 0.3) is 0 Å². The molecule has 2 aromatic carbocycles. The maximum atomic E-state index is 13.7. The number of nitrogens with one attached hydrogen (secondary N) is 1. The summed E-state index contributed by atoms with van der Waals surface area (Å²) in [7, 11) is -3.87. The molecule has 0 radical (unpaired) electrons. The van der Waals surface area contributed by atoms with Crippen LogP contribution in [0.15, 0.2) is 41.3 Å². The summed E-state index contributed by atoms with van der Waals surface area (Å²) in [6.07, 6.45) is 0. The Bertz CT molecular complexity index is 1000. The molecule has 0 fully saturated rings. The second-order valence-electron chi connectivity index (χ2n) is 7.24. The van der Waals surface area contributed by atoms with Crippen LogP contribution in [0.3, 0.4) is 0 Å². The van der Waals surface area contributed by atoms with Gasteiger partial charge < -0.3 is 4.90 Å². The molecule has 0 saturated carbocycles. The lowest BCUT2D eigenvalue weighted by atomic mass is 9.87. The normalized spacial score (nSPS) is 15.7. The minimum Gasteiger partial charge on any atom is -0.311 e. The largest absolute Gasteiger partial charge is 0.311 e. The van der Waals surface area contributed by atoms with E-state index >= 15 is 0 Å². The Balaban J connectivity index is 1.99. The number of aryl methyl sites for hydroxylation is 1. The van der Waals surface area contributed by atoms with Crippen molar-refractivity contribution in [1.82, 2.24) is 0 Å². The second kappa shape index (κ2) is 6.09. The Morgan fingerprint density at radius 2 is 1.88 bits per heavy atom. The van der Waals surface area contributed by atoms with Crippen molar-refractivity contribution < 1.29 is 17.6 Å². The SMILES string of the molecule is CC(=O)N1CC(C)(C)c2cc(S(=O)(=O)Nc3ccc(C)c(F)c3)ccc21. The predicted molar refractivity (Wildman–Crippen MR) is 99.4 cm³/mol. The molecule has 5 nitrogen and oxygen atoms in total. The summed E-state index contributed by atoms with van der Waals surface area (Å²) in [4.78, 5) is 13.6. The highest BCUT2D eigenvalue weighted by atomic mass is 32.2. The molecular formula is C19H21FN2O3S. The van der Waals surface area contributed by atoms with Gasteiger partial charge in [0.1, 0.15) is 5.82 Å². The summed E-state index contributed by atoms with van der Waals surface area (Å²) in [5.41, 5.74) is 1.77. The van der Waals surface area contributed by atoms with Gasteiger partial charge in [-0.25, -0.2) is 12.8 Å². The molecule has 138 valence electrons. The van der Waals surface area contributed by atoms with Gasteiger partial charge in [0, 0.05) is 24.6 Å². The van der Waals surface area contributed by atoms with Crippen LogP contribution in [0.2, 0.25) is 0 Å². The van der Waals surface area contributed by atoms with Crippen LogP contribution >= 0.6 is 0 Å². The van der Waals surface area contributed by atoms with E-state index in [1.54, 1.807) is 24.0 Å². The van der Waals surface area contributed by atoms with E-state index in [-0.39, 0.29) is 21.9 Å². The molecule has 0 aromatic heterocycles. The zero-order valence-corrected chi connectivity index (χ0v) is 15.9. The smallest absolute Gasteiger partial charge is 0.261 e. The summed E-state index contributed by atoms with van der Waals surface area (Å²) >= 11 is 0. The summed E-state index contributed by atoms with van der Waals surface area (Å²) in [6, 6.07) is 8.89. The van der Waals surface area contributed by atoms with Crippen molar-refractivity contribution in [3.63, 3.8) is 0 Å². The maximum Gasteiger partial charge on any atom is 0.261 e. The number of hydrogen-bond donors (Lipinski definition) is 1. The number of halogens is 1. The molecular weight excluding hydrogens is 355 g/mol. The van der Waals surface area contributed by atoms with Crippen molar-refractivity contribution in [2.75, 3.05) is 16.2 Å². The van der Waals surface area contributed by atoms with Crippen molar-refractivity contribution in [2.45, 2.75) is 38.0 Å². The lowest BCUT2D eigenvalue weighted by molar-refractivity contribution is -0.116. The van der Waals surface area contributed by atoms with Crippen LogP contribution in [0.1, 0.15) is 31.9 Å². The van der Waals surface area contributed by atoms with E-state index in [0.717, 1.165) is 17.3 Å². The van der Waals surface area contributed by atoms with Gasteiger partial charge in [0.15, 0.2) is 0 Å². The maximum absolute atomic E-state index is 13.7. The van der Waals surface area contributed by atoms with Crippen LogP contribution < -0.4 is 9.62 Å². The van der Waals surface area contributed by atoms with E-state index in [4.69, 9.17) is 0 Å². The summed E-state index contributed by atoms with van der Waals surface area (Å²) in [6.45, 7) is 7.53. The number of carbonyl (C=O) groups excluding carboxylic acids is 1. The summed E-state index contributed by atoms with van der Waals surface area (Å²) < 4.78 is 41.5. The molecule has 1 heterocycles. The number of sulfonamides is 1. The zero-order chi connectivity index (χ0) is 19.3. The molecule has 7 heteroatoms. The quantitative estimate of drug-likeness (QED) is 0.890. The number of rotatable bonds is 3. The topological polar surface area (TPSA) is 66.5 Å². The Morgan fingerprint density at radius 1 is 1.19 bits per heavy atom.